The SMILES string of the molecule is O=C(NC1CCN(CCC(=O)N2CCNCC2)CC1)C1CCCCC1. The van der Waals surface area contributed by atoms with Crippen LogP contribution >= 0.6 is 0 Å². The molecular formula is C19H34N4O2. The summed E-state index contributed by atoms with van der Waals surface area (Å²) in [6.45, 7) is 6.35. The molecule has 0 aromatic rings. The van der Waals surface area contributed by atoms with E-state index in [0.717, 1.165) is 71.5 Å². The van der Waals surface area contributed by atoms with Crippen molar-refractivity contribution >= 4 is 11.8 Å². The number of piperazine rings is 1. The van der Waals surface area contributed by atoms with Gasteiger partial charge in [0.2, 0.25) is 11.8 Å². The lowest BCUT2D eigenvalue weighted by Gasteiger charge is -2.34. The van der Waals surface area contributed by atoms with Crippen LogP contribution in [0.4, 0.5) is 0 Å². The lowest BCUT2D eigenvalue weighted by atomic mass is 9.88. The van der Waals surface area contributed by atoms with Crippen LogP contribution in [0.2, 0.25) is 0 Å². The number of hydrogen-bond donors (Lipinski definition) is 2. The average molecular weight is 351 g/mol. The maximum absolute atomic E-state index is 12.4. The van der Waals surface area contributed by atoms with E-state index in [-0.39, 0.29) is 17.7 Å². The monoisotopic (exact) mass is 350 g/mol. The molecule has 2 aliphatic heterocycles. The minimum atomic E-state index is 0.253. The first kappa shape index (κ1) is 18.6. The summed E-state index contributed by atoms with van der Waals surface area (Å²) in [6, 6.07) is 0.328. The van der Waals surface area contributed by atoms with E-state index in [1.165, 1.54) is 19.3 Å². The lowest BCUT2D eigenvalue weighted by molar-refractivity contribution is -0.132. The Bertz CT molecular complexity index is 437. The molecule has 1 saturated carbocycles. The molecule has 2 heterocycles. The van der Waals surface area contributed by atoms with Gasteiger partial charge in [0.15, 0.2) is 0 Å². The van der Waals surface area contributed by atoms with Crippen molar-refractivity contribution in [2.75, 3.05) is 45.8 Å². The second kappa shape index (κ2) is 9.53. The van der Waals surface area contributed by atoms with E-state index in [2.05, 4.69) is 15.5 Å². The molecule has 0 aromatic carbocycles. The molecule has 6 nitrogen and oxygen atoms in total. The minimum Gasteiger partial charge on any atom is -0.353 e. The van der Waals surface area contributed by atoms with Crippen LogP contribution < -0.4 is 10.6 Å². The van der Waals surface area contributed by atoms with Gasteiger partial charge in [0.25, 0.3) is 0 Å². The molecule has 3 rings (SSSR count). The molecule has 6 heteroatoms. The normalized spacial score (nSPS) is 24.2. The molecule has 2 amide bonds. The molecule has 0 unspecified atom stereocenters. The van der Waals surface area contributed by atoms with Gasteiger partial charge in [0.05, 0.1) is 0 Å². The van der Waals surface area contributed by atoms with Gasteiger partial charge in [-0.15, -0.1) is 0 Å². The molecule has 2 saturated heterocycles. The van der Waals surface area contributed by atoms with E-state index in [1.54, 1.807) is 0 Å². The van der Waals surface area contributed by atoms with Gasteiger partial charge in [-0.1, -0.05) is 19.3 Å². The summed E-state index contributed by atoms with van der Waals surface area (Å²) >= 11 is 0. The molecule has 3 fully saturated rings. The van der Waals surface area contributed by atoms with Gasteiger partial charge in [-0.05, 0) is 25.7 Å². The molecule has 2 N–H and O–H groups in total. The predicted molar refractivity (Wildman–Crippen MR) is 98.2 cm³/mol. The summed E-state index contributed by atoms with van der Waals surface area (Å²) in [6.07, 6.45) is 8.49. The summed E-state index contributed by atoms with van der Waals surface area (Å²) in [5, 5.41) is 6.56. The zero-order chi connectivity index (χ0) is 17.5. The summed E-state index contributed by atoms with van der Waals surface area (Å²) in [5.41, 5.74) is 0. The van der Waals surface area contributed by atoms with Gasteiger partial charge in [-0.25, -0.2) is 0 Å². The van der Waals surface area contributed by atoms with Crippen LogP contribution in [0.3, 0.4) is 0 Å². The molecule has 0 atom stereocenters. The number of nitrogens with zero attached hydrogens (tertiary/aromatic N) is 2. The molecule has 142 valence electrons. The molecule has 1 aliphatic carbocycles. The molecular weight excluding hydrogens is 316 g/mol. The van der Waals surface area contributed by atoms with Gasteiger partial charge in [0.1, 0.15) is 0 Å². The van der Waals surface area contributed by atoms with Crippen molar-refractivity contribution in [1.29, 1.82) is 0 Å². The van der Waals surface area contributed by atoms with Crippen molar-refractivity contribution in [3.05, 3.63) is 0 Å². The van der Waals surface area contributed by atoms with Crippen LogP contribution in [0.15, 0.2) is 0 Å². The average Bonchev–Trinajstić information content (AvgIpc) is 2.68. The van der Waals surface area contributed by atoms with Gasteiger partial charge < -0.3 is 20.4 Å². The van der Waals surface area contributed by atoms with E-state index in [9.17, 15) is 9.59 Å². The third-order valence-electron chi connectivity index (χ3n) is 6.02. The van der Waals surface area contributed by atoms with E-state index >= 15 is 0 Å². The fourth-order valence-corrected chi connectivity index (χ4v) is 4.31. The van der Waals surface area contributed by atoms with Crippen LogP contribution in [-0.4, -0.2) is 73.5 Å². The zero-order valence-corrected chi connectivity index (χ0v) is 15.5. The van der Waals surface area contributed by atoms with Crippen molar-refractivity contribution in [2.24, 2.45) is 5.92 Å². The van der Waals surface area contributed by atoms with E-state index < -0.39 is 0 Å². The maximum atomic E-state index is 12.4. The van der Waals surface area contributed by atoms with E-state index in [4.69, 9.17) is 0 Å². The Kier molecular flexibility index (Phi) is 7.11. The highest BCUT2D eigenvalue weighted by Crippen LogP contribution is 2.24. The van der Waals surface area contributed by atoms with Crippen molar-refractivity contribution in [2.45, 2.75) is 57.4 Å². The predicted octanol–water partition coefficient (Wildman–Crippen LogP) is 0.969. The Morgan fingerprint density at radius 3 is 2.28 bits per heavy atom. The fourth-order valence-electron chi connectivity index (χ4n) is 4.31. The van der Waals surface area contributed by atoms with E-state index in [1.807, 2.05) is 4.90 Å². The van der Waals surface area contributed by atoms with Gasteiger partial charge in [-0.3, -0.25) is 9.59 Å². The molecule has 25 heavy (non-hydrogen) atoms. The van der Waals surface area contributed by atoms with Gasteiger partial charge in [-0.2, -0.15) is 0 Å². The number of carbonyl (C=O) groups excluding carboxylic acids is 2. The maximum Gasteiger partial charge on any atom is 0.223 e. The highest BCUT2D eigenvalue weighted by molar-refractivity contribution is 5.79. The van der Waals surface area contributed by atoms with Gasteiger partial charge >= 0.3 is 0 Å². The Labute approximate surface area is 151 Å². The Morgan fingerprint density at radius 1 is 0.920 bits per heavy atom. The first-order valence-corrected chi connectivity index (χ1v) is 10.2. The number of piperidine rings is 1. The molecule has 0 bridgehead atoms. The molecule has 0 spiro atoms. The quantitative estimate of drug-likeness (QED) is 0.775. The summed E-state index contributed by atoms with van der Waals surface area (Å²) in [7, 11) is 0. The molecule has 0 radical (unpaired) electrons. The van der Waals surface area contributed by atoms with Crippen molar-refractivity contribution in [3.8, 4) is 0 Å². The van der Waals surface area contributed by atoms with E-state index in [0.29, 0.717) is 12.5 Å². The van der Waals surface area contributed by atoms with Crippen LogP contribution in [0.5, 0.6) is 0 Å². The highest BCUT2D eigenvalue weighted by atomic mass is 16.2. The van der Waals surface area contributed by atoms with Crippen molar-refractivity contribution < 1.29 is 9.59 Å². The first-order chi connectivity index (χ1) is 12.2. The number of likely N-dealkylation sites (tertiary alicyclic amines) is 1. The smallest absolute Gasteiger partial charge is 0.223 e. The number of hydrogen-bond acceptors (Lipinski definition) is 4. The lowest BCUT2D eigenvalue weighted by Crippen LogP contribution is -2.48. The van der Waals surface area contributed by atoms with Crippen LogP contribution in [0.1, 0.15) is 51.4 Å². The van der Waals surface area contributed by atoms with Crippen LogP contribution in [-0.2, 0) is 9.59 Å². The number of amides is 2. The largest absolute Gasteiger partial charge is 0.353 e. The summed E-state index contributed by atoms with van der Waals surface area (Å²) in [5.74, 6) is 0.824. The number of carbonyl (C=O) groups is 2. The highest BCUT2D eigenvalue weighted by Gasteiger charge is 2.26. The Hall–Kier alpha value is -1.14. The van der Waals surface area contributed by atoms with Gasteiger partial charge in [0, 0.05) is 64.2 Å². The minimum absolute atomic E-state index is 0.253. The Balaban J connectivity index is 1.31. The topological polar surface area (TPSA) is 64.7 Å². The fraction of sp³-hybridized carbons (Fsp3) is 0.895. The van der Waals surface area contributed by atoms with Crippen LogP contribution in [0.25, 0.3) is 0 Å². The first-order valence-electron chi connectivity index (χ1n) is 10.2. The number of rotatable bonds is 5. The van der Waals surface area contributed by atoms with Crippen molar-refractivity contribution in [3.63, 3.8) is 0 Å². The van der Waals surface area contributed by atoms with Crippen molar-refractivity contribution in [1.82, 2.24) is 20.4 Å². The third kappa shape index (κ3) is 5.68. The summed E-state index contributed by atoms with van der Waals surface area (Å²) < 4.78 is 0. The Morgan fingerprint density at radius 2 is 1.60 bits per heavy atom. The standard InChI is InChI=1S/C19H34N4O2/c24-18(23-14-9-20-10-15-23)8-13-22-11-6-17(7-12-22)21-19(25)16-4-2-1-3-5-16/h16-17,20H,1-15H2,(H,21,25). The second-order valence-corrected chi connectivity index (χ2v) is 7.84. The summed E-state index contributed by atoms with van der Waals surface area (Å²) in [4.78, 5) is 29.0. The number of nitrogens with one attached hydrogen (secondary N) is 2. The molecule has 0 aromatic heterocycles. The zero-order valence-electron chi connectivity index (χ0n) is 15.5. The third-order valence-corrected chi connectivity index (χ3v) is 6.02. The van der Waals surface area contributed by atoms with Crippen LogP contribution in [0, 0.1) is 5.92 Å². The molecule has 3 aliphatic rings. The second-order valence-electron chi connectivity index (χ2n) is 7.84.